The smallest absolute Gasteiger partial charge is 0.121 e. The second-order valence-corrected chi connectivity index (χ2v) is 6.05. The molecule has 0 aliphatic carbocycles. The topological polar surface area (TPSA) is 24.5 Å². The van der Waals surface area contributed by atoms with Crippen LogP contribution in [-0.2, 0) is 0 Å². The molecule has 1 aliphatic rings. The highest BCUT2D eigenvalue weighted by molar-refractivity contribution is 9.10. The van der Waals surface area contributed by atoms with Crippen molar-refractivity contribution in [2.75, 3.05) is 32.6 Å². The van der Waals surface area contributed by atoms with E-state index in [4.69, 9.17) is 4.74 Å². The summed E-state index contributed by atoms with van der Waals surface area (Å²) in [7, 11) is 3.94. The molecule has 1 fully saturated rings. The number of hydrogen-bond acceptors (Lipinski definition) is 3. The first-order valence-corrected chi connectivity index (χ1v) is 7.77. The monoisotopic (exact) mass is 326 g/mol. The standard InChI is InChI=1S/C15H23BrN2O/c1-18-10-4-3-5-12(18)8-9-17-15-11-13(19-2)6-7-14(15)16/h6-7,11-12,17H,3-5,8-10H2,1-2H3. The number of benzene rings is 1. The lowest BCUT2D eigenvalue weighted by Crippen LogP contribution is -2.37. The second kappa shape index (κ2) is 7.15. The van der Waals surface area contributed by atoms with Crippen LogP contribution in [0.3, 0.4) is 0 Å². The maximum atomic E-state index is 5.25. The van der Waals surface area contributed by atoms with Crippen LogP contribution < -0.4 is 10.1 Å². The third kappa shape index (κ3) is 4.11. The van der Waals surface area contributed by atoms with Crippen LogP contribution in [0.1, 0.15) is 25.7 Å². The first-order valence-electron chi connectivity index (χ1n) is 6.98. The summed E-state index contributed by atoms with van der Waals surface area (Å²) in [6.07, 6.45) is 5.25. The van der Waals surface area contributed by atoms with Crippen LogP contribution in [0.2, 0.25) is 0 Å². The fourth-order valence-corrected chi connectivity index (χ4v) is 3.04. The van der Waals surface area contributed by atoms with Gasteiger partial charge in [-0.05, 0) is 60.9 Å². The van der Waals surface area contributed by atoms with E-state index >= 15 is 0 Å². The zero-order valence-electron chi connectivity index (χ0n) is 11.8. The summed E-state index contributed by atoms with van der Waals surface area (Å²) in [5.74, 6) is 0.889. The van der Waals surface area contributed by atoms with Gasteiger partial charge in [-0.15, -0.1) is 0 Å². The maximum absolute atomic E-state index is 5.25. The molecule has 0 bridgehead atoms. The third-order valence-electron chi connectivity index (χ3n) is 3.89. The number of nitrogens with zero attached hydrogens (tertiary/aromatic N) is 1. The zero-order chi connectivity index (χ0) is 13.7. The van der Waals surface area contributed by atoms with Crippen LogP contribution in [0.25, 0.3) is 0 Å². The van der Waals surface area contributed by atoms with Gasteiger partial charge in [0.05, 0.1) is 12.8 Å². The molecular weight excluding hydrogens is 304 g/mol. The van der Waals surface area contributed by atoms with Gasteiger partial charge in [0.15, 0.2) is 0 Å². The molecule has 1 N–H and O–H groups in total. The molecule has 1 atom stereocenters. The summed E-state index contributed by atoms with van der Waals surface area (Å²) < 4.78 is 6.34. The van der Waals surface area contributed by atoms with Crippen LogP contribution in [0.4, 0.5) is 5.69 Å². The Kier molecular flexibility index (Phi) is 5.52. The summed E-state index contributed by atoms with van der Waals surface area (Å²) in [5.41, 5.74) is 1.11. The average Bonchev–Trinajstić information content (AvgIpc) is 2.43. The highest BCUT2D eigenvalue weighted by Gasteiger charge is 2.18. The molecule has 0 saturated carbocycles. The lowest BCUT2D eigenvalue weighted by Gasteiger charge is -2.32. The van der Waals surface area contributed by atoms with Crippen LogP contribution in [0.15, 0.2) is 22.7 Å². The number of methoxy groups -OCH3 is 1. The van der Waals surface area contributed by atoms with E-state index in [1.54, 1.807) is 7.11 Å². The molecule has 4 heteroatoms. The number of anilines is 1. The fourth-order valence-electron chi connectivity index (χ4n) is 2.65. The minimum atomic E-state index is 0.727. The second-order valence-electron chi connectivity index (χ2n) is 5.19. The SMILES string of the molecule is COc1ccc(Br)c(NCCC2CCCCN2C)c1. The first-order chi connectivity index (χ1) is 9.20. The van der Waals surface area contributed by atoms with Gasteiger partial charge in [-0.25, -0.2) is 0 Å². The van der Waals surface area contributed by atoms with Crippen molar-refractivity contribution in [2.24, 2.45) is 0 Å². The minimum absolute atomic E-state index is 0.727. The Morgan fingerprint density at radius 2 is 2.26 bits per heavy atom. The lowest BCUT2D eigenvalue weighted by molar-refractivity contribution is 0.179. The molecule has 1 heterocycles. The summed E-state index contributed by atoms with van der Waals surface area (Å²) >= 11 is 3.57. The Labute approximate surface area is 124 Å². The van der Waals surface area contributed by atoms with Crippen LogP contribution in [0, 0.1) is 0 Å². The minimum Gasteiger partial charge on any atom is -0.497 e. The Morgan fingerprint density at radius 1 is 1.42 bits per heavy atom. The van der Waals surface area contributed by atoms with Gasteiger partial charge in [0.1, 0.15) is 5.75 Å². The van der Waals surface area contributed by atoms with Crippen molar-refractivity contribution in [3.8, 4) is 5.75 Å². The largest absolute Gasteiger partial charge is 0.497 e. The van der Waals surface area contributed by atoms with E-state index in [0.29, 0.717) is 0 Å². The summed E-state index contributed by atoms with van der Waals surface area (Å²) in [5, 5.41) is 3.50. The third-order valence-corrected chi connectivity index (χ3v) is 4.58. The van der Waals surface area contributed by atoms with Crippen molar-refractivity contribution in [1.29, 1.82) is 0 Å². The molecule has 2 rings (SSSR count). The Bertz CT molecular complexity index is 411. The molecule has 1 aromatic carbocycles. The average molecular weight is 327 g/mol. The number of rotatable bonds is 5. The maximum Gasteiger partial charge on any atom is 0.121 e. The van der Waals surface area contributed by atoms with Gasteiger partial charge < -0.3 is 15.0 Å². The van der Waals surface area contributed by atoms with E-state index in [-0.39, 0.29) is 0 Å². The molecular formula is C15H23BrN2O. The molecule has 0 amide bonds. The molecule has 1 saturated heterocycles. The Morgan fingerprint density at radius 3 is 3.00 bits per heavy atom. The van der Waals surface area contributed by atoms with Crippen molar-refractivity contribution >= 4 is 21.6 Å². The summed E-state index contributed by atoms with van der Waals surface area (Å²) in [6, 6.07) is 6.75. The lowest BCUT2D eigenvalue weighted by atomic mass is 10.0. The highest BCUT2D eigenvalue weighted by Crippen LogP contribution is 2.27. The van der Waals surface area contributed by atoms with Crippen molar-refractivity contribution in [1.82, 2.24) is 4.90 Å². The van der Waals surface area contributed by atoms with Gasteiger partial charge in [-0.2, -0.15) is 0 Å². The fraction of sp³-hybridized carbons (Fsp3) is 0.600. The quantitative estimate of drug-likeness (QED) is 0.891. The van der Waals surface area contributed by atoms with Gasteiger partial charge in [0, 0.05) is 23.1 Å². The van der Waals surface area contributed by atoms with E-state index in [0.717, 1.165) is 28.5 Å². The highest BCUT2D eigenvalue weighted by atomic mass is 79.9. The van der Waals surface area contributed by atoms with E-state index in [1.165, 1.54) is 32.2 Å². The number of hydrogen-bond donors (Lipinski definition) is 1. The number of halogens is 1. The van der Waals surface area contributed by atoms with E-state index in [9.17, 15) is 0 Å². The predicted octanol–water partition coefficient (Wildman–Crippen LogP) is 3.74. The van der Waals surface area contributed by atoms with Gasteiger partial charge in [-0.3, -0.25) is 0 Å². The molecule has 1 aliphatic heterocycles. The van der Waals surface area contributed by atoms with Crippen molar-refractivity contribution < 1.29 is 4.74 Å². The van der Waals surface area contributed by atoms with E-state index < -0.39 is 0 Å². The summed E-state index contributed by atoms with van der Waals surface area (Å²) in [4.78, 5) is 2.49. The number of piperidine rings is 1. The van der Waals surface area contributed by atoms with Gasteiger partial charge in [0.25, 0.3) is 0 Å². The van der Waals surface area contributed by atoms with Crippen molar-refractivity contribution in [3.05, 3.63) is 22.7 Å². The molecule has 19 heavy (non-hydrogen) atoms. The molecule has 1 aromatic rings. The summed E-state index contributed by atoms with van der Waals surface area (Å²) in [6.45, 7) is 2.24. The van der Waals surface area contributed by atoms with Crippen molar-refractivity contribution in [2.45, 2.75) is 31.7 Å². The Hall–Kier alpha value is -0.740. The number of nitrogens with one attached hydrogen (secondary N) is 1. The molecule has 1 unspecified atom stereocenters. The predicted molar refractivity (Wildman–Crippen MR) is 84.1 cm³/mol. The first kappa shape index (κ1) is 14.7. The van der Waals surface area contributed by atoms with Crippen LogP contribution in [0.5, 0.6) is 5.75 Å². The van der Waals surface area contributed by atoms with E-state index in [1.807, 2.05) is 18.2 Å². The molecule has 0 spiro atoms. The van der Waals surface area contributed by atoms with Crippen LogP contribution in [-0.4, -0.2) is 38.2 Å². The van der Waals surface area contributed by atoms with Crippen LogP contribution >= 0.6 is 15.9 Å². The molecule has 106 valence electrons. The number of likely N-dealkylation sites (tertiary alicyclic amines) is 1. The Balaban J connectivity index is 1.84. The van der Waals surface area contributed by atoms with Crippen molar-refractivity contribution in [3.63, 3.8) is 0 Å². The van der Waals surface area contributed by atoms with Gasteiger partial charge >= 0.3 is 0 Å². The van der Waals surface area contributed by atoms with E-state index in [2.05, 4.69) is 33.2 Å². The molecule has 0 radical (unpaired) electrons. The zero-order valence-corrected chi connectivity index (χ0v) is 13.4. The van der Waals surface area contributed by atoms with Gasteiger partial charge in [0.2, 0.25) is 0 Å². The normalized spacial score (nSPS) is 20.3. The molecule has 3 nitrogen and oxygen atoms in total. The molecule has 0 aromatic heterocycles. The van der Waals surface area contributed by atoms with Gasteiger partial charge in [-0.1, -0.05) is 6.42 Å². The number of ether oxygens (including phenoxy) is 1.